The van der Waals surface area contributed by atoms with Gasteiger partial charge in [0.15, 0.2) is 0 Å². The summed E-state index contributed by atoms with van der Waals surface area (Å²) in [6.07, 6.45) is -4.03. The van der Waals surface area contributed by atoms with Crippen molar-refractivity contribution in [3.8, 4) is 0 Å². The molecular formula is C13H24F3NO2. The van der Waals surface area contributed by atoms with Gasteiger partial charge in [-0.3, -0.25) is 4.79 Å². The highest BCUT2D eigenvalue weighted by molar-refractivity contribution is 5.73. The van der Waals surface area contributed by atoms with Crippen molar-refractivity contribution in [2.24, 2.45) is 17.6 Å². The van der Waals surface area contributed by atoms with Crippen molar-refractivity contribution in [2.75, 3.05) is 0 Å². The first-order chi connectivity index (χ1) is 8.34. The molecule has 0 amide bonds. The van der Waals surface area contributed by atoms with Gasteiger partial charge < -0.3 is 10.5 Å². The van der Waals surface area contributed by atoms with Crippen molar-refractivity contribution >= 4 is 5.97 Å². The molecule has 0 aliphatic rings. The van der Waals surface area contributed by atoms with Crippen molar-refractivity contribution in [2.45, 2.75) is 65.3 Å². The number of alkyl halides is 3. The maximum Gasteiger partial charge on any atom is 0.404 e. The Labute approximate surface area is 112 Å². The fraction of sp³-hybridized carbons (Fsp3) is 0.923. The molecule has 0 saturated carbocycles. The van der Waals surface area contributed by atoms with Crippen LogP contribution in [0.4, 0.5) is 13.2 Å². The number of halogens is 3. The molecule has 0 aromatic carbocycles. The van der Waals surface area contributed by atoms with Crippen LogP contribution in [-0.4, -0.2) is 23.8 Å². The maximum absolute atomic E-state index is 12.7. The molecule has 3 nitrogen and oxygen atoms in total. The molecule has 0 radical (unpaired) electrons. The molecule has 114 valence electrons. The van der Waals surface area contributed by atoms with Crippen molar-refractivity contribution < 1.29 is 22.7 Å². The van der Waals surface area contributed by atoms with Crippen LogP contribution in [0.3, 0.4) is 0 Å². The standard InChI is InChI=1S/C13H24F3NO2/c1-8(2)6-7-9(10(17)13(14,15)16)11(18)19-12(3,4)5/h8-10H,6-7,17H2,1-5H3/t9-,10-/m0/s1. The average molecular weight is 283 g/mol. The summed E-state index contributed by atoms with van der Waals surface area (Å²) in [6.45, 7) is 8.60. The van der Waals surface area contributed by atoms with Gasteiger partial charge in [-0.1, -0.05) is 20.3 Å². The Hall–Kier alpha value is -0.780. The van der Waals surface area contributed by atoms with Gasteiger partial charge in [0.1, 0.15) is 11.6 Å². The molecule has 2 atom stereocenters. The summed E-state index contributed by atoms with van der Waals surface area (Å²) in [4.78, 5) is 11.9. The fourth-order valence-corrected chi connectivity index (χ4v) is 1.56. The van der Waals surface area contributed by atoms with Gasteiger partial charge >= 0.3 is 12.1 Å². The SMILES string of the molecule is CC(C)CC[C@H](C(=O)OC(C)(C)C)[C@H](N)C(F)(F)F. The topological polar surface area (TPSA) is 52.3 Å². The van der Waals surface area contributed by atoms with Crippen LogP contribution < -0.4 is 5.73 Å². The largest absolute Gasteiger partial charge is 0.460 e. The van der Waals surface area contributed by atoms with Crippen molar-refractivity contribution in [3.63, 3.8) is 0 Å². The monoisotopic (exact) mass is 283 g/mol. The highest BCUT2D eigenvalue weighted by atomic mass is 19.4. The molecule has 0 aliphatic carbocycles. The van der Waals surface area contributed by atoms with Gasteiger partial charge in [-0.25, -0.2) is 0 Å². The van der Waals surface area contributed by atoms with Crippen LogP contribution in [0, 0.1) is 11.8 Å². The van der Waals surface area contributed by atoms with E-state index in [0.717, 1.165) is 0 Å². The third-order valence-electron chi connectivity index (χ3n) is 2.58. The molecule has 0 aromatic heterocycles. The predicted molar refractivity (Wildman–Crippen MR) is 67.4 cm³/mol. The molecule has 0 aromatic rings. The third kappa shape index (κ3) is 7.40. The van der Waals surface area contributed by atoms with Gasteiger partial charge in [0.25, 0.3) is 0 Å². The number of ether oxygens (including phenoxy) is 1. The first-order valence-corrected chi connectivity index (χ1v) is 6.39. The van der Waals surface area contributed by atoms with Crippen LogP contribution in [0.15, 0.2) is 0 Å². The zero-order valence-electron chi connectivity index (χ0n) is 12.2. The van der Waals surface area contributed by atoms with E-state index in [1.165, 1.54) is 0 Å². The summed E-state index contributed by atoms with van der Waals surface area (Å²) >= 11 is 0. The molecule has 0 spiro atoms. The summed E-state index contributed by atoms with van der Waals surface area (Å²) < 4.78 is 43.1. The second kappa shape index (κ2) is 6.59. The van der Waals surface area contributed by atoms with Gasteiger partial charge in [0.2, 0.25) is 0 Å². The Morgan fingerprint density at radius 3 is 1.95 bits per heavy atom. The molecular weight excluding hydrogens is 259 g/mol. The van der Waals surface area contributed by atoms with E-state index >= 15 is 0 Å². The van der Waals surface area contributed by atoms with Gasteiger partial charge in [0.05, 0.1) is 5.92 Å². The Bertz CT molecular complexity index is 295. The minimum absolute atomic E-state index is 0.0766. The molecule has 6 heteroatoms. The van der Waals surface area contributed by atoms with Crippen molar-refractivity contribution in [1.82, 2.24) is 0 Å². The summed E-state index contributed by atoms with van der Waals surface area (Å²) in [5.41, 5.74) is 4.35. The van der Waals surface area contributed by atoms with E-state index < -0.39 is 29.7 Å². The molecule has 0 rings (SSSR count). The molecule has 0 unspecified atom stereocenters. The van der Waals surface area contributed by atoms with Crippen LogP contribution in [-0.2, 0) is 9.53 Å². The number of nitrogens with two attached hydrogens (primary N) is 1. The van der Waals surface area contributed by atoms with Gasteiger partial charge in [-0.2, -0.15) is 13.2 Å². The van der Waals surface area contributed by atoms with Crippen LogP contribution in [0.2, 0.25) is 0 Å². The van der Waals surface area contributed by atoms with Crippen LogP contribution in [0.25, 0.3) is 0 Å². The summed E-state index contributed by atoms with van der Waals surface area (Å²) in [5, 5.41) is 0. The summed E-state index contributed by atoms with van der Waals surface area (Å²) in [7, 11) is 0. The number of esters is 1. The zero-order chi connectivity index (χ0) is 15.4. The first-order valence-electron chi connectivity index (χ1n) is 6.39. The maximum atomic E-state index is 12.7. The number of carbonyl (C=O) groups is 1. The molecule has 0 fully saturated rings. The molecule has 0 bridgehead atoms. The zero-order valence-corrected chi connectivity index (χ0v) is 12.2. The minimum atomic E-state index is -4.60. The van der Waals surface area contributed by atoms with Gasteiger partial charge in [-0.15, -0.1) is 0 Å². The van der Waals surface area contributed by atoms with Gasteiger partial charge in [0, 0.05) is 0 Å². The van der Waals surface area contributed by atoms with E-state index in [0.29, 0.717) is 6.42 Å². The summed E-state index contributed by atoms with van der Waals surface area (Å²) in [5.74, 6) is -2.02. The fourth-order valence-electron chi connectivity index (χ4n) is 1.56. The number of rotatable bonds is 5. The lowest BCUT2D eigenvalue weighted by molar-refractivity contribution is -0.183. The first kappa shape index (κ1) is 18.2. The number of carbonyl (C=O) groups excluding carboxylic acids is 1. The average Bonchev–Trinajstić information content (AvgIpc) is 2.12. The Morgan fingerprint density at radius 2 is 1.63 bits per heavy atom. The minimum Gasteiger partial charge on any atom is -0.460 e. The lowest BCUT2D eigenvalue weighted by Gasteiger charge is -2.28. The van der Waals surface area contributed by atoms with E-state index in [9.17, 15) is 18.0 Å². The van der Waals surface area contributed by atoms with Gasteiger partial charge in [-0.05, 0) is 33.1 Å². The van der Waals surface area contributed by atoms with E-state index in [2.05, 4.69) is 0 Å². The van der Waals surface area contributed by atoms with Crippen molar-refractivity contribution in [3.05, 3.63) is 0 Å². The van der Waals surface area contributed by atoms with E-state index in [-0.39, 0.29) is 12.3 Å². The highest BCUT2D eigenvalue weighted by Crippen LogP contribution is 2.29. The molecule has 0 saturated heterocycles. The number of hydrogen-bond acceptors (Lipinski definition) is 3. The Kier molecular flexibility index (Phi) is 6.32. The lowest BCUT2D eigenvalue weighted by atomic mass is 9.91. The molecule has 0 heterocycles. The molecule has 0 aliphatic heterocycles. The quantitative estimate of drug-likeness (QED) is 0.788. The Morgan fingerprint density at radius 1 is 1.16 bits per heavy atom. The number of hydrogen-bond donors (Lipinski definition) is 1. The van der Waals surface area contributed by atoms with E-state index in [1.807, 2.05) is 13.8 Å². The predicted octanol–water partition coefficient (Wildman–Crippen LogP) is 3.27. The Balaban J connectivity index is 4.90. The third-order valence-corrected chi connectivity index (χ3v) is 2.58. The lowest BCUT2D eigenvalue weighted by Crippen LogP contribution is -2.48. The van der Waals surface area contributed by atoms with Crippen LogP contribution in [0.1, 0.15) is 47.5 Å². The summed E-state index contributed by atoms with van der Waals surface area (Å²) in [6, 6.07) is -2.18. The van der Waals surface area contributed by atoms with Crippen LogP contribution in [0.5, 0.6) is 0 Å². The highest BCUT2D eigenvalue weighted by Gasteiger charge is 2.46. The smallest absolute Gasteiger partial charge is 0.404 e. The second-order valence-corrected chi connectivity index (χ2v) is 6.18. The van der Waals surface area contributed by atoms with Crippen LogP contribution >= 0.6 is 0 Å². The normalized spacial score (nSPS) is 16.3. The van der Waals surface area contributed by atoms with Crippen molar-refractivity contribution in [1.29, 1.82) is 0 Å². The molecule has 2 N–H and O–H groups in total. The molecule has 19 heavy (non-hydrogen) atoms. The second-order valence-electron chi connectivity index (χ2n) is 6.18. The van der Waals surface area contributed by atoms with E-state index in [1.54, 1.807) is 20.8 Å². The van der Waals surface area contributed by atoms with E-state index in [4.69, 9.17) is 10.5 Å².